The van der Waals surface area contributed by atoms with Crippen LogP contribution in [-0.4, -0.2) is 33.3 Å². The Morgan fingerprint density at radius 1 is 0.929 bits per heavy atom. The zero-order valence-corrected chi connectivity index (χ0v) is 17.2. The van der Waals surface area contributed by atoms with Crippen molar-refractivity contribution in [2.24, 2.45) is 0 Å². The minimum Gasteiger partial charge on any atom is -0.493 e. The summed E-state index contributed by atoms with van der Waals surface area (Å²) in [5.74, 6) is 2.13. The molecule has 0 aliphatic heterocycles. The summed E-state index contributed by atoms with van der Waals surface area (Å²) >= 11 is 0. The van der Waals surface area contributed by atoms with Crippen LogP contribution in [0.3, 0.4) is 0 Å². The van der Waals surface area contributed by atoms with Crippen LogP contribution in [0.2, 0.25) is 0 Å². The lowest BCUT2D eigenvalue weighted by atomic mass is 10.1. The van der Waals surface area contributed by atoms with E-state index in [2.05, 4.69) is 12.2 Å². The highest BCUT2D eigenvalue weighted by atomic mass is 16.5. The SMILES string of the molecule is CCc1ccc(OC(CC)C(=O)NCc2cc(OC)c(OC)c(OC)c2)cc1. The van der Waals surface area contributed by atoms with Crippen molar-refractivity contribution >= 4 is 5.91 Å². The van der Waals surface area contributed by atoms with Crippen LogP contribution >= 0.6 is 0 Å². The molecule has 0 saturated carbocycles. The standard InChI is InChI=1S/C22H29NO5/c1-6-15-8-10-17(11-9-15)28-18(7-2)22(24)23-14-16-12-19(25-3)21(27-5)20(13-16)26-4/h8-13,18H,6-7,14H2,1-5H3,(H,23,24). The van der Waals surface area contributed by atoms with Gasteiger partial charge < -0.3 is 24.3 Å². The van der Waals surface area contributed by atoms with E-state index < -0.39 is 6.10 Å². The van der Waals surface area contributed by atoms with E-state index in [0.717, 1.165) is 12.0 Å². The molecular formula is C22H29NO5. The van der Waals surface area contributed by atoms with Crippen LogP contribution in [0.5, 0.6) is 23.0 Å². The number of methoxy groups -OCH3 is 3. The Kier molecular flexibility index (Phi) is 7.99. The molecule has 2 aromatic carbocycles. The van der Waals surface area contributed by atoms with Gasteiger partial charge in [-0.3, -0.25) is 4.79 Å². The van der Waals surface area contributed by atoms with Gasteiger partial charge in [-0.25, -0.2) is 0 Å². The lowest BCUT2D eigenvalue weighted by molar-refractivity contribution is -0.128. The highest BCUT2D eigenvalue weighted by molar-refractivity contribution is 5.81. The second-order valence-electron chi connectivity index (χ2n) is 6.26. The summed E-state index contributed by atoms with van der Waals surface area (Å²) in [4.78, 5) is 12.6. The van der Waals surface area contributed by atoms with Gasteiger partial charge in [0.25, 0.3) is 5.91 Å². The molecule has 6 heteroatoms. The van der Waals surface area contributed by atoms with Gasteiger partial charge in [0.2, 0.25) is 5.75 Å². The van der Waals surface area contributed by atoms with E-state index in [1.807, 2.05) is 43.3 Å². The number of nitrogens with one attached hydrogen (secondary N) is 1. The summed E-state index contributed by atoms with van der Waals surface area (Å²) in [6.45, 7) is 4.34. The van der Waals surface area contributed by atoms with Crippen LogP contribution in [0.15, 0.2) is 36.4 Å². The normalized spacial score (nSPS) is 11.5. The first-order chi connectivity index (χ1) is 13.6. The maximum Gasteiger partial charge on any atom is 0.261 e. The Balaban J connectivity index is 2.04. The summed E-state index contributed by atoms with van der Waals surface area (Å²) in [5.41, 5.74) is 2.07. The molecule has 1 amide bonds. The minimum atomic E-state index is -0.561. The van der Waals surface area contributed by atoms with Gasteiger partial charge in [-0.1, -0.05) is 26.0 Å². The number of hydrogen-bond acceptors (Lipinski definition) is 5. The van der Waals surface area contributed by atoms with Crippen LogP contribution in [0, 0.1) is 0 Å². The topological polar surface area (TPSA) is 66.0 Å². The zero-order chi connectivity index (χ0) is 20.5. The maximum absolute atomic E-state index is 12.6. The van der Waals surface area contributed by atoms with Crippen LogP contribution in [0.4, 0.5) is 0 Å². The van der Waals surface area contributed by atoms with Crippen molar-refractivity contribution in [2.45, 2.75) is 39.3 Å². The summed E-state index contributed by atoms with van der Waals surface area (Å²) in [7, 11) is 4.67. The first kappa shape index (κ1) is 21.4. The van der Waals surface area contributed by atoms with E-state index in [-0.39, 0.29) is 5.91 Å². The first-order valence-electron chi connectivity index (χ1n) is 9.38. The monoisotopic (exact) mass is 387 g/mol. The Hall–Kier alpha value is -2.89. The third kappa shape index (κ3) is 5.31. The minimum absolute atomic E-state index is 0.171. The van der Waals surface area contributed by atoms with E-state index in [1.165, 1.54) is 5.56 Å². The molecule has 28 heavy (non-hydrogen) atoms. The third-order valence-electron chi connectivity index (χ3n) is 4.46. The van der Waals surface area contributed by atoms with Gasteiger partial charge in [-0.2, -0.15) is 0 Å². The Morgan fingerprint density at radius 2 is 1.54 bits per heavy atom. The largest absolute Gasteiger partial charge is 0.493 e. The molecule has 1 N–H and O–H groups in total. The van der Waals surface area contributed by atoms with Gasteiger partial charge in [0.05, 0.1) is 21.3 Å². The number of carbonyl (C=O) groups excluding carboxylic acids is 1. The quantitative estimate of drug-likeness (QED) is 0.673. The summed E-state index contributed by atoms with van der Waals surface area (Å²) in [5, 5.41) is 2.92. The number of ether oxygens (including phenoxy) is 4. The molecule has 0 aromatic heterocycles. The molecule has 0 spiro atoms. The van der Waals surface area contributed by atoms with Crippen LogP contribution in [0.1, 0.15) is 31.4 Å². The lowest BCUT2D eigenvalue weighted by Crippen LogP contribution is -2.37. The van der Waals surface area contributed by atoms with Gasteiger partial charge >= 0.3 is 0 Å². The summed E-state index contributed by atoms with van der Waals surface area (Å²) < 4.78 is 21.9. The number of aryl methyl sites for hydroxylation is 1. The van der Waals surface area contributed by atoms with Crippen molar-refractivity contribution in [3.8, 4) is 23.0 Å². The Labute approximate surface area is 166 Å². The fourth-order valence-corrected chi connectivity index (χ4v) is 2.83. The second kappa shape index (κ2) is 10.4. The molecule has 0 saturated heterocycles. The number of amides is 1. The molecule has 0 aliphatic carbocycles. The molecule has 0 bridgehead atoms. The molecule has 6 nitrogen and oxygen atoms in total. The molecule has 0 fully saturated rings. The highest BCUT2D eigenvalue weighted by Crippen LogP contribution is 2.38. The van der Waals surface area contributed by atoms with E-state index >= 15 is 0 Å². The molecule has 2 rings (SSSR count). The van der Waals surface area contributed by atoms with E-state index in [1.54, 1.807) is 21.3 Å². The smallest absolute Gasteiger partial charge is 0.261 e. The average Bonchev–Trinajstić information content (AvgIpc) is 2.75. The summed E-state index contributed by atoms with van der Waals surface area (Å²) in [6.07, 6.45) is 0.970. The molecule has 2 aromatic rings. The molecular weight excluding hydrogens is 358 g/mol. The fourth-order valence-electron chi connectivity index (χ4n) is 2.83. The Morgan fingerprint density at radius 3 is 2.00 bits per heavy atom. The van der Waals surface area contributed by atoms with Gasteiger partial charge in [0, 0.05) is 6.54 Å². The van der Waals surface area contributed by atoms with Gasteiger partial charge in [-0.15, -0.1) is 0 Å². The molecule has 152 valence electrons. The molecule has 0 heterocycles. The lowest BCUT2D eigenvalue weighted by Gasteiger charge is -2.18. The van der Waals surface area contributed by atoms with Crippen molar-refractivity contribution in [3.05, 3.63) is 47.5 Å². The second-order valence-corrected chi connectivity index (χ2v) is 6.26. The number of rotatable bonds is 10. The maximum atomic E-state index is 12.6. The number of benzene rings is 2. The summed E-state index contributed by atoms with van der Waals surface area (Å²) in [6, 6.07) is 11.4. The van der Waals surface area contributed by atoms with Crippen molar-refractivity contribution in [2.75, 3.05) is 21.3 Å². The predicted molar refractivity (Wildman–Crippen MR) is 108 cm³/mol. The van der Waals surface area contributed by atoms with Gasteiger partial charge in [0.1, 0.15) is 5.75 Å². The predicted octanol–water partition coefficient (Wildman–Crippen LogP) is 3.75. The van der Waals surface area contributed by atoms with Crippen LogP contribution in [0.25, 0.3) is 0 Å². The number of carbonyl (C=O) groups is 1. The Bertz CT molecular complexity index is 748. The molecule has 1 atom stereocenters. The van der Waals surface area contributed by atoms with E-state index in [0.29, 0.717) is 36.0 Å². The third-order valence-corrected chi connectivity index (χ3v) is 4.46. The van der Waals surface area contributed by atoms with E-state index in [4.69, 9.17) is 18.9 Å². The van der Waals surface area contributed by atoms with Crippen LogP contribution < -0.4 is 24.3 Å². The molecule has 0 radical (unpaired) electrons. The van der Waals surface area contributed by atoms with E-state index in [9.17, 15) is 4.79 Å². The van der Waals surface area contributed by atoms with Crippen molar-refractivity contribution in [3.63, 3.8) is 0 Å². The average molecular weight is 387 g/mol. The first-order valence-corrected chi connectivity index (χ1v) is 9.38. The van der Waals surface area contributed by atoms with Crippen molar-refractivity contribution in [1.82, 2.24) is 5.32 Å². The fraction of sp³-hybridized carbons (Fsp3) is 0.409. The number of hydrogen-bond donors (Lipinski definition) is 1. The van der Waals surface area contributed by atoms with Crippen LogP contribution in [-0.2, 0) is 17.8 Å². The van der Waals surface area contributed by atoms with Gasteiger partial charge in [-0.05, 0) is 48.2 Å². The van der Waals surface area contributed by atoms with Crippen molar-refractivity contribution < 1.29 is 23.7 Å². The molecule has 0 aliphatic rings. The zero-order valence-electron chi connectivity index (χ0n) is 17.2. The van der Waals surface area contributed by atoms with Crippen molar-refractivity contribution in [1.29, 1.82) is 0 Å². The molecule has 1 unspecified atom stereocenters. The highest BCUT2D eigenvalue weighted by Gasteiger charge is 2.19. The van der Waals surface area contributed by atoms with Gasteiger partial charge in [0.15, 0.2) is 17.6 Å².